The molecule has 4 nitrogen and oxygen atoms in total. The molecule has 1 aliphatic heterocycles. The van der Waals surface area contributed by atoms with Crippen LogP contribution in [0, 0.1) is 0 Å². The first-order valence-corrected chi connectivity index (χ1v) is 8.26. The van der Waals surface area contributed by atoms with E-state index in [1.54, 1.807) is 7.11 Å². The van der Waals surface area contributed by atoms with E-state index < -0.39 is 0 Å². The van der Waals surface area contributed by atoms with Gasteiger partial charge in [-0.3, -0.25) is 9.88 Å². The van der Waals surface area contributed by atoms with Crippen LogP contribution in [0.4, 0.5) is 0 Å². The number of pyridine rings is 1. The lowest BCUT2D eigenvalue weighted by Crippen LogP contribution is -2.47. The van der Waals surface area contributed by atoms with Crippen LogP contribution in [0.5, 0.6) is 5.75 Å². The highest BCUT2D eigenvalue weighted by atomic mass is 35.5. The quantitative estimate of drug-likeness (QED) is 0.900. The molecule has 24 heavy (non-hydrogen) atoms. The smallest absolute Gasteiger partial charge is 0.118 e. The van der Waals surface area contributed by atoms with Crippen molar-refractivity contribution in [2.24, 2.45) is 0 Å². The number of ether oxygens (including phenoxy) is 1. The fourth-order valence-corrected chi connectivity index (χ4v) is 3.26. The highest BCUT2D eigenvalue weighted by Gasteiger charge is 2.25. The van der Waals surface area contributed by atoms with Crippen molar-refractivity contribution in [3.8, 4) is 5.75 Å². The van der Waals surface area contributed by atoms with Crippen molar-refractivity contribution in [3.05, 3.63) is 59.9 Å². The van der Waals surface area contributed by atoms with Crippen molar-refractivity contribution < 1.29 is 4.74 Å². The van der Waals surface area contributed by atoms with E-state index in [4.69, 9.17) is 4.74 Å². The number of nitrogens with zero attached hydrogens (tertiary/aromatic N) is 2. The fourth-order valence-electron chi connectivity index (χ4n) is 3.26. The number of hydrogen-bond acceptors (Lipinski definition) is 4. The van der Waals surface area contributed by atoms with E-state index in [0.717, 1.165) is 31.9 Å². The third-order valence-electron chi connectivity index (χ3n) is 4.62. The summed E-state index contributed by atoms with van der Waals surface area (Å²) >= 11 is 0. The zero-order chi connectivity index (χ0) is 16.1. The molecule has 1 fully saturated rings. The number of methoxy groups -OCH3 is 1. The lowest BCUT2D eigenvalue weighted by molar-refractivity contribution is 0.154. The zero-order valence-corrected chi connectivity index (χ0v) is 15.1. The Labute approximate surface area is 150 Å². The molecule has 1 saturated heterocycles. The fraction of sp³-hybridized carbons (Fsp3) is 0.421. The first-order chi connectivity index (χ1) is 11.3. The molecule has 2 aromatic rings. The molecule has 130 valence electrons. The van der Waals surface area contributed by atoms with Gasteiger partial charge in [-0.05, 0) is 35.2 Å². The molecule has 1 aromatic heterocycles. The minimum Gasteiger partial charge on any atom is -0.497 e. The number of rotatable bonds is 5. The van der Waals surface area contributed by atoms with Gasteiger partial charge in [0.25, 0.3) is 0 Å². The third-order valence-corrected chi connectivity index (χ3v) is 4.62. The van der Waals surface area contributed by atoms with E-state index in [0.29, 0.717) is 12.0 Å². The average Bonchev–Trinajstić information content (AvgIpc) is 2.63. The molecular formula is C19H26ClN3O. The first-order valence-electron chi connectivity index (χ1n) is 8.26. The molecule has 2 unspecified atom stereocenters. The summed E-state index contributed by atoms with van der Waals surface area (Å²) in [7, 11) is 1.71. The molecule has 0 bridgehead atoms. The SMILES string of the molecule is COc1ccc(C(C)CN2CCNCC2c2cccnc2)cc1.Cl. The van der Waals surface area contributed by atoms with Crippen molar-refractivity contribution in [1.29, 1.82) is 0 Å². The van der Waals surface area contributed by atoms with Crippen LogP contribution in [-0.2, 0) is 0 Å². The maximum atomic E-state index is 5.25. The van der Waals surface area contributed by atoms with E-state index in [9.17, 15) is 0 Å². The van der Waals surface area contributed by atoms with Gasteiger partial charge in [-0.2, -0.15) is 0 Å². The molecule has 0 radical (unpaired) electrons. The predicted molar refractivity (Wildman–Crippen MR) is 100 cm³/mol. The van der Waals surface area contributed by atoms with Gasteiger partial charge < -0.3 is 10.1 Å². The summed E-state index contributed by atoms with van der Waals surface area (Å²) in [6.45, 7) is 6.45. The van der Waals surface area contributed by atoms with Gasteiger partial charge in [-0.25, -0.2) is 0 Å². The Kier molecular flexibility index (Phi) is 7.03. The van der Waals surface area contributed by atoms with Crippen molar-refractivity contribution in [2.75, 3.05) is 33.3 Å². The third kappa shape index (κ3) is 4.47. The Hall–Kier alpha value is -1.62. The van der Waals surface area contributed by atoms with Gasteiger partial charge in [0.1, 0.15) is 5.75 Å². The van der Waals surface area contributed by atoms with Crippen molar-refractivity contribution in [2.45, 2.75) is 18.9 Å². The number of hydrogen-bond donors (Lipinski definition) is 1. The predicted octanol–water partition coefficient (Wildman–Crippen LogP) is 3.26. The molecule has 0 spiro atoms. The van der Waals surface area contributed by atoms with Gasteiger partial charge in [0.05, 0.1) is 7.11 Å². The molecule has 0 saturated carbocycles. The van der Waals surface area contributed by atoms with Crippen LogP contribution >= 0.6 is 12.4 Å². The minimum atomic E-state index is 0. The number of aromatic nitrogens is 1. The topological polar surface area (TPSA) is 37.4 Å². The molecule has 5 heteroatoms. The molecular weight excluding hydrogens is 322 g/mol. The van der Waals surface area contributed by atoms with Gasteiger partial charge in [0.2, 0.25) is 0 Å². The van der Waals surface area contributed by atoms with E-state index in [1.807, 2.05) is 30.6 Å². The Bertz CT molecular complexity index is 606. The Morgan fingerprint density at radius 1 is 1.29 bits per heavy atom. The molecule has 2 atom stereocenters. The van der Waals surface area contributed by atoms with Gasteiger partial charge in [0.15, 0.2) is 0 Å². The molecule has 1 N–H and O–H groups in total. The second-order valence-corrected chi connectivity index (χ2v) is 6.18. The van der Waals surface area contributed by atoms with Crippen LogP contribution in [0.3, 0.4) is 0 Å². The monoisotopic (exact) mass is 347 g/mol. The van der Waals surface area contributed by atoms with Crippen LogP contribution in [0.1, 0.15) is 30.0 Å². The number of nitrogens with one attached hydrogen (secondary N) is 1. The number of benzene rings is 1. The van der Waals surface area contributed by atoms with Gasteiger partial charge in [-0.15, -0.1) is 12.4 Å². The zero-order valence-electron chi connectivity index (χ0n) is 14.3. The van der Waals surface area contributed by atoms with Crippen molar-refractivity contribution >= 4 is 12.4 Å². The second-order valence-electron chi connectivity index (χ2n) is 6.18. The second kappa shape index (κ2) is 9.02. The average molecular weight is 348 g/mol. The largest absolute Gasteiger partial charge is 0.497 e. The molecule has 0 amide bonds. The maximum absolute atomic E-state index is 5.25. The summed E-state index contributed by atoms with van der Waals surface area (Å²) in [4.78, 5) is 6.85. The van der Waals surface area contributed by atoms with Gasteiger partial charge >= 0.3 is 0 Å². The van der Waals surface area contributed by atoms with E-state index in [1.165, 1.54) is 11.1 Å². The van der Waals surface area contributed by atoms with Crippen molar-refractivity contribution in [1.82, 2.24) is 15.2 Å². The van der Waals surface area contributed by atoms with Crippen LogP contribution in [-0.4, -0.2) is 43.2 Å². The van der Waals surface area contributed by atoms with E-state index in [-0.39, 0.29) is 12.4 Å². The Balaban J connectivity index is 0.00000208. The lowest BCUT2D eigenvalue weighted by atomic mass is 9.97. The number of piperazine rings is 1. The minimum absolute atomic E-state index is 0. The first kappa shape index (κ1) is 18.7. The van der Waals surface area contributed by atoms with Gasteiger partial charge in [-0.1, -0.05) is 25.1 Å². The van der Waals surface area contributed by atoms with E-state index >= 15 is 0 Å². The maximum Gasteiger partial charge on any atom is 0.118 e. The lowest BCUT2D eigenvalue weighted by Gasteiger charge is -2.38. The summed E-state index contributed by atoms with van der Waals surface area (Å²) in [5, 5.41) is 3.51. The summed E-state index contributed by atoms with van der Waals surface area (Å²) in [6, 6.07) is 13.0. The van der Waals surface area contributed by atoms with Crippen LogP contribution in [0.15, 0.2) is 48.8 Å². The standard InChI is InChI=1S/C19H25N3O.ClH/c1-15(16-5-7-18(23-2)8-6-16)14-22-11-10-21-13-19(22)17-4-3-9-20-12-17;/h3-9,12,15,19,21H,10-11,13-14H2,1-2H3;1H. The Morgan fingerprint density at radius 2 is 2.08 bits per heavy atom. The highest BCUT2D eigenvalue weighted by Crippen LogP contribution is 2.26. The molecule has 1 aromatic carbocycles. The van der Waals surface area contributed by atoms with E-state index in [2.05, 4.69) is 40.3 Å². The summed E-state index contributed by atoms with van der Waals surface area (Å²) < 4.78 is 5.25. The summed E-state index contributed by atoms with van der Waals surface area (Å²) in [6.07, 6.45) is 3.83. The van der Waals surface area contributed by atoms with Crippen molar-refractivity contribution in [3.63, 3.8) is 0 Å². The normalized spacial score (nSPS) is 19.3. The molecule has 3 rings (SSSR count). The van der Waals surface area contributed by atoms with Crippen LogP contribution < -0.4 is 10.1 Å². The van der Waals surface area contributed by atoms with Gasteiger partial charge in [0, 0.05) is 44.6 Å². The Morgan fingerprint density at radius 3 is 2.75 bits per heavy atom. The molecule has 0 aliphatic carbocycles. The van der Waals surface area contributed by atoms with Crippen LogP contribution in [0.2, 0.25) is 0 Å². The summed E-state index contributed by atoms with van der Waals surface area (Å²) in [5.74, 6) is 1.40. The highest BCUT2D eigenvalue weighted by molar-refractivity contribution is 5.85. The molecule has 2 heterocycles. The number of halogens is 1. The van der Waals surface area contributed by atoms with Crippen LogP contribution in [0.25, 0.3) is 0 Å². The molecule has 1 aliphatic rings. The summed E-state index contributed by atoms with van der Waals surface area (Å²) in [5.41, 5.74) is 2.65.